The summed E-state index contributed by atoms with van der Waals surface area (Å²) in [6, 6.07) is 9.71. The second-order valence-corrected chi connectivity index (χ2v) is 6.18. The van der Waals surface area contributed by atoms with Gasteiger partial charge in [-0.3, -0.25) is 0 Å². The van der Waals surface area contributed by atoms with Gasteiger partial charge in [-0.2, -0.15) is 0 Å². The monoisotopic (exact) mass is 276 g/mol. The van der Waals surface area contributed by atoms with E-state index in [1.807, 2.05) is 30.3 Å². The summed E-state index contributed by atoms with van der Waals surface area (Å²) < 4.78 is 11.7. The van der Waals surface area contributed by atoms with Crippen LogP contribution >= 0.6 is 0 Å². The van der Waals surface area contributed by atoms with E-state index in [-0.39, 0.29) is 5.60 Å². The van der Waals surface area contributed by atoms with Gasteiger partial charge in [0.05, 0.1) is 11.7 Å². The lowest BCUT2D eigenvalue weighted by Gasteiger charge is -2.39. The fourth-order valence-electron chi connectivity index (χ4n) is 3.60. The fourth-order valence-corrected chi connectivity index (χ4v) is 3.60. The molecule has 3 nitrogen and oxygen atoms in total. The average Bonchev–Trinajstić information content (AvgIpc) is 2.93. The van der Waals surface area contributed by atoms with Gasteiger partial charge in [0.25, 0.3) is 0 Å². The predicted molar refractivity (Wildman–Crippen MR) is 77.8 cm³/mol. The molecule has 3 rings (SSSR count). The number of rotatable bonds is 4. The maximum absolute atomic E-state index is 10.4. The molecule has 1 N–H and O–H groups in total. The molecule has 110 valence electrons. The molecule has 1 aliphatic heterocycles. The molecule has 1 aromatic rings. The highest BCUT2D eigenvalue weighted by Crippen LogP contribution is 2.42. The molecular formula is C17H24O3. The van der Waals surface area contributed by atoms with E-state index in [4.69, 9.17) is 9.47 Å². The lowest BCUT2D eigenvalue weighted by atomic mass is 9.82. The van der Waals surface area contributed by atoms with Gasteiger partial charge >= 0.3 is 0 Å². The number of hydrogen-bond acceptors (Lipinski definition) is 3. The molecule has 1 aliphatic carbocycles. The van der Waals surface area contributed by atoms with Crippen LogP contribution in [0.1, 0.15) is 38.5 Å². The normalized spacial score (nSPS) is 26.6. The van der Waals surface area contributed by atoms with Crippen molar-refractivity contribution in [2.24, 2.45) is 5.92 Å². The van der Waals surface area contributed by atoms with E-state index in [1.165, 1.54) is 12.8 Å². The number of aliphatic hydroxyl groups excluding tert-OH is 1. The van der Waals surface area contributed by atoms with Gasteiger partial charge in [-0.05, 0) is 43.7 Å². The minimum absolute atomic E-state index is 0.0661. The number of ether oxygens (including phenoxy) is 2. The number of hydrogen-bond donors (Lipinski definition) is 1. The Hall–Kier alpha value is -1.06. The maximum Gasteiger partial charge on any atom is 0.119 e. The zero-order valence-corrected chi connectivity index (χ0v) is 12.0. The van der Waals surface area contributed by atoms with Crippen LogP contribution in [0.5, 0.6) is 5.75 Å². The van der Waals surface area contributed by atoms with Gasteiger partial charge in [0, 0.05) is 6.61 Å². The van der Waals surface area contributed by atoms with E-state index in [0.717, 1.165) is 38.0 Å². The second-order valence-electron chi connectivity index (χ2n) is 6.18. The van der Waals surface area contributed by atoms with Crippen molar-refractivity contribution in [1.29, 1.82) is 0 Å². The molecule has 0 amide bonds. The first-order chi connectivity index (χ1) is 9.77. The summed E-state index contributed by atoms with van der Waals surface area (Å²) in [7, 11) is 0. The molecular weight excluding hydrogens is 252 g/mol. The molecule has 2 unspecified atom stereocenters. The largest absolute Gasteiger partial charge is 0.491 e. The van der Waals surface area contributed by atoms with E-state index in [9.17, 15) is 5.11 Å². The van der Waals surface area contributed by atoms with Gasteiger partial charge in [0.2, 0.25) is 0 Å². The van der Waals surface area contributed by atoms with E-state index in [0.29, 0.717) is 12.5 Å². The van der Waals surface area contributed by atoms with Crippen LogP contribution in [-0.4, -0.2) is 30.0 Å². The quantitative estimate of drug-likeness (QED) is 0.918. The Morgan fingerprint density at radius 2 is 2.00 bits per heavy atom. The zero-order valence-electron chi connectivity index (χ0n) is 12.0. The van der Waals surface area contributed by atoms with Gasteiger partial charge in [0.1, 0.15) is 12.4 Å². The summed E-state index contributed by atoms with van der Waals surface area (Å²) >= 11 is 0. The zero-order chi connectivity index (χ0) is 13.8. The van der Waals surface area contributed by atoms with Crippen LogP contribution in [0.3, 0.4) is 0 Å². The van der Waals surface area contributed by atoms with Crippen molar-refractivity contribution in [3.63, 3.8) is 0 Å². The molecule has 20 heavy (non-hydrogen) atoms. The molecule has 0 radical (unpaired) electrons. The van der Waals surface area contributed by atoms with Crippen molar-refractivity contribution in [3.8, 4) is 5.75 Å². The minimum atomic E-state index is -0.392. The minimum Gasteiger partial charge on any atom is -0.491 e. The van der Waals surface area contributed by atoms with Crippen molar-refractivity contribution in [2.45, 2.75) is 50.2 Å². The highest BCUT2D eigenvalue weighted by atomic mass is 16.5. The van der Waals surface area contributed by atoms with Crippen LogP contribution in [0.25, 0.3) is 0 Å². The van der Waals surface area contributed by atoms with Crippen molar-refractivity contribution in [1.82, 2.24) is 0 Å². The molecule has 1 saturated carbocycles. The molecule has 2 atom stereocenters. The summed E-state index contributed by atoms with van der Waals surface area (Å²) in [4.78, 5) is 0. The van der Waals surface area contributed by atoms with Crippen molar-refractivity contribution in [3.05, 3.63) is 30.3 Å². The van der Waals surface area contributed by atoms with Crippen LogP contribution in [0, 0.1) is 5.92 Å². The predicted octanol–water partition coefficient (Wildman–Crippen LogP) is 3.17. The van der Waals surface area contributed by atoms with Gasteiger partial charge < -0.3 is 14.6 Å². The number of aliphatic hydroxyl groups is 1. The maximum atomic E-state index is 10.4. The SMILES string of the molecule is OC(COc1ccccc1)C1CCOC2(CCCC2)C1. The molecule has 1 aromatic carbocycles. The third-order valence-corrected chi connectivity index (χ3v) is 4.75. The molecule has 2 aliphatic rings. The number of benzene rings is 1. The molecule has 2 fully saturated rings. The molecule has 0 bridgehead atoms. The van der Waals surface area contributed by atoms with Gasteiger partial charge in [-0.1, -0.05) is 31.0 Å². The lowest BCUT2D eigenvalue weighted by molar-refractivity contribution is -0.116. The number of para-hydroxylation sites is 1. The summed E-state index contributed by atoms with van der Waals surface area (Å²) in [5.74, 6) is 1.14. The molecule has 1 heterocycles. The van der Waals surface area contributed by atoms with Crippen LogP contribution in [-0.2, 0) is 4.74 Å². The smallest absolute Gasteiger partial charge is 0.119 e. The Morgan fingerprint density at radius 3 is 2.75 bits per heavy atom. The van der Waals surface area contributed by atoms with Crippen LogP contribution in [0.4, 0.5) is 0 Å². The summed E-state index contributed by atoms with van der Waals surface area (Å²) in [5, 5.41) is 10.4. The van der Waals surface area contributed by atoms with Gasteiger partial charge in [-0.25, -0.2) is 0 Å². The molecule has 1 saturated heterocycles. The van der Waals surface area contributed by atoms with E-state index >= 15 is 0 Å². The Kier molecular flexibility index (Phi) is 4.27. The first-order valence-corrected chi connectivity index (χ1v) is 7.77. The first-order valence-electron chi connectivity index (χ1n) is 7.77. The Morgan fingerprint density at radius 1 is 1.25 bits per heavy atom. The van der Waals surface area contributed by atoms with Crippen molar-refractivity contribution < 1.29 is 14.6 Å². The van der Waals surface area contributed by atoms with Crippen LogP contribution < -0.4 is 4.74 Å². The first kappa shape index (κ1) is 13.9. The molecule has 1 spiro atoms. The summed E-state index contributed by atoms with van der Waals surface area (Å²) in [6.45, 7) is 1.16. The van der Waals surface area contributed by atoms with Gasteiger partial charge in [0.15, 0.2) is 0 Å². The van der Waals surface area contributed by atoms with E-state index < -0.39 is 6.10 Å². The Balaban J connectivity index is 1.53. The van der Waals surface area contributed by atoms with Crippen LogP contribution in [0.2, 0.25) is 0 Å². The Bertz CT molecular complexity index is 412. The van der Waals surface area contributed by atoms with E-state index in [2.05, 4.69) is 0 Å². The summed E-state index contributed by atoms with van der Waals surface area (Å²) in [6.07, 6.45) is 6.41. The highest BCUT2D eigenvalue weighted by Gasteiger charge is 2.41. The van der Waals surface area contributed by atoms with Crippen molar-refractivity contribution in [2.75, 3.05) is 13.2 Å². The standard InChI is InChI=1S/C17H24O3/c18-16(13-19-15-6-2-1-3-7-15)14-8-11-20-17(12-14)9-4-5-10-17/h1-3,6-7,14,16,18H,4-5,8-13H2. The van der Waals surface area contributed by atoms with Crippen LogP contribution in [0.15, 0.2) is 30.3 Å². The third kappa shape index (κ3) is 3.15. The van der Waals surface area contributed by atoms with Gasteiger partial charge in [-0.15, -0.1) is 0 Å². The highest BCUT2D eigenvalue weighted by molar-refractivity contribution is 5.20. The second kappa shape index (κ2) is 6.15. The Labute approximate surface area is 120 Å². The van der Waals surface area contributed by atoms with Crippen molar-refractivity contribution >= 4 is 0 Å². The fraction of sp³-hybridized carbons (Fsp3) is 0.647. The molecule has 3 heteroatoms. The molecule has 0 aromatic heterocycles. The van der Waals surface area contributed by atoms with E-state index in [1.54, 1.807) is 0 Å². The average molecular weight is 276 g/mol. The topological polar surface area (TPSA) is 38.7 Å². The third-order valence-electron chi connectivity index (χ3n) is 4.75. The summed E-state index contributed by atoms with van der Waals surface area (Å²) in [5.41, 5.74) is 0.0661. The lowest BCUT2D eigenvalue weighted by Crippen LogP contribution is -2.42.